The Labute approximate surface area is 178 Å². The average Bonchev–Trinajstić information content (AvgIpc) is 3.34. The van der Waals surface area contributed by atoms with Gasteiger partial charge in [-0.1, -0.05) is 0 Å². The van der Waals surface area contributed by atoms with Crippen molar-refractivity contribution in [3.8, 4) is 11.4 Å². The number of aryl methyl sites for hydroxylation is 2. The van der Waals surface area contributed by atoms with Crippen molar-refractivity contribution in [2.24, 2.45) is 0 Å². The molecule has 1 N–H and O–H groups in total. The highest BCUT2D eigenvalue weighted by atomic mass is 19.1. The first-order chi connectivity index (χ1) is 15.1. The van der Waals surface area contributed by atoms with E-state index >= 15 is 0 Å². The maximum Gasteiger partial charge on any atom is 0.164 e. The summed E-state index contributed by atoms with van der Waals surface area (Å²) in [5, 5.41) is 7.94. The van der Waals surface area contributed by atoms with E-state index in [0.29, 0.717) is 41.5 Å². The van der Waals surface area contributed by atoms with Crippen LogP contribution in [0.15, 0.2) is 30.9 Å². The van der Waals surface area contributed by atoms with Crippen LogP contribution in [0, 0.1) is 19.7 Å². The van der Waals surface area contributed by atoms with Gasteiger partial charge in [0.15, 0.2) is 5.65 Å². The number of imidazole rings is 1. The number of fused-ring (bicyclic) bond motifs is 1. The minimum atomic E-state index is -0.412. The van der Waals surface area contributed by atoms with E-state index in [1.807, 2.05) is 35.5 Å². The number of hydrogen-bond acceptors (Lipinski definition) is 7. The van der Waals surface area contributed by atoms with Crippen molar-refractivity contribution in [2.45, 2.75) is 33.0 Å². The highest BCUT2D eigenvalue weighted by Gasteiger charge is 2.19. The lowest BCUT2D eigenvalue weighted by molar-refractivity contribution is 0.0702. The van der Waals surface area contributed by atoms with Gasteiger partial charge in [0.05, 0.1) is 50.4 Å². The van der Waals surface area contributed by atoms with Crippen LogP contribution in [0.3, 0.4) is 0 Å². The third kappa shape index (κ3) is 4.04. The molecule has 1 unspecified atom stereocenters. The quantitative estimate of drug-likeness (QED) is 0.525. The van der Waals surface area contributed by atoms with Crippen molar-refractivity contribution in [1.82, 2.24) is 39.6 Å². The molecular formula is C21H23FN8O. The molecule has 4 aromatic heterocycles. The number of ether oxygens (including phenoxy) is 1. The molecule has 4 aromatic rings. The van der Waals surface area contributed by atoms with Crippen LogP contribution in [-0.2, 0) is 17.8 Å². The molecule has 160 valence electrons. The zero-order valence-electron chi connectivity index (χ0n) is 17.4. The molecule has 0 bridgehead atoms. The number of morpholine rings is 1. The van der Waals surface area contributed by atoms with Gasteiger partial charge >= 0.3 is 0 Å². The summed E-state index contributed by atoms with van der Waals surface area (Å²) in [6, 6.07) is 1.67. The van der Waals surface area contributed by atoms with Gasteiger partial charge in [-0.15, -0.1) is 0 Å². The van der Waals surface area contributed by atoms with E-state index in [2.05, 4.69) is 25.4 Å². The first-order valence-electron chi connectivity index (χ1n) is 10.2. The zero-order valence-corrected chi connectivity index (χ0v) is 17.4. The largest absolute Gasteiger partial charge is 0.378 e. The highest BCUT2D eigenvalue weighted by Crippen LogP contribution is 2.26. The zero-order chi connectivity index (χ0) is 21.4. The van der Waals surface area contributed by atoms with Crippen LogP contribution >= 0.6 is 0 Å². The molecule has 0 aliphatic carbocycles. The Bertz CT molecular complexity index is 1230. The number of rotatable bonds is 5. The molecule has 1 saturated heterocycles. The van der Waals surface area contributed by atoms with Crippen LogP contribution in [-0.4, -0.2) is 60.1 Å². The third-order valence-electron chi connectivity index (χ3n) is 5.28. The second-order valence-corrected chi connectivity index (χ2v) is 7.74. The number of nitrogens with one attached hydrogen (secondary N) is 1. The molecule has 1 atom stereocenters. The highest BCUT2D eigenvalue weighted by molar-refractivity contribution is 5.79. The monoisotopic (exact) mass is 422 g/mol. The van der Waals surface area contributed by atoms with Crippen LogP contribution < -0.4 is 5.32 Å². The van der Waals surface area contributed by atoms with Crippen molar-refractivity contribution >= 4 is 11.2 Å². The normalized spacial score (nSPS) is 16.8. The molecule has 0 amide bonds. The van der Waals surface area contributed by atoms with E-state index in [1.165, 1.54) is 12.3 Å². The predicted molar refractivity (Wildman–Crippen MR) is 112 cm³/mol. The van der Waals surface area contributed by atoms with Gasteiger partial charge in [-0.25, -0.2) is 19.3 Å². The Morgan fingerprint density at radius 3 is 2.90 bits per heavy atom. The molecular weight excluding hydrogens is 399 g/mol. The average molecular weight is 422 g/mol. The molecule has 9 nitrogen and oxygen atoms in total. The van der Waals surface area contributed by atoms with Gasteiger partial charge in [-0.05, 0) is 19.9 Å². The lowest BCUT2D eigenvalue weighted by atomic mass is 10.2. The fraction of sp³-hybridized carbons (Fsp3) is 0.381. The summed E-state index contributed by atoms with van der Waals surface area (Å²) in [6.45, 7) is 7.24. The van der Waals surface area contributed by atoms with Gasteiger partial charge < -0.3 is 14.6 Å². The summed E-state index contributed by atoms with van der Waals surface area (Å²) in [5.74, 6) is 0.847. The van der Waals surface area contributed by atoms with E-state index in [1.54, 1.807) is 6.20 Å². The van der Waals surface area contributed by atoms with Crippen molar-refractivity contribution in [3.63, 3.8) is 0 Å². The fourth-order valence-corrected chi connectivity index (χ4v) is 3.91. The molecule has 0 radical (unpaired) electrons. The summed E-state index contributed by atoms with van der Waals surface area (Å²) in [6.07, 6.45) is 6.63. The molecule has 10 heteroatoms. The van der Waals surface area contributed by atoms with Gasteiger partial charge in [-0.3, -0.25) is 9.67 Å². The standard InChI is InChI=1S/C21H23FN8O/c1-13-19-21(27-14(2)26-13)30(20(28-19)16-5-17(22)8-23-7-16)10-15-6-25-29(9-15)11-18-12-31-4-3-24-18/h5-9,18,24H,3-4,10-12H2,1-2H3. The van der Waals surface area contributed by atoms with Crippen molar-refractivity contribution in [2.75, 3.05) is 19.8 Å². The van der Waals surface area contributed by atoms with Crippen LogP contribution in [0.4, 0.5) is 4.39 Å². The van der Waals surface area contributed by atoms with E-state index < -0.39 is 5.82 Å². The molecule has 1 fully saturated rings. The van der Waals surface area contributed by atoms with Crippen molar-refractivity contribution in [3.05, 3.63) is 53.8 Å². The number of pyridine rings is 1. The second-order valence-electron chi connectivity index (χ2n) is 7.74. The smallest absolute Gasteiger partial charge is 0.164 e. The summed E-state index contributed by atoms with van der Waals surface area (Å²) in [7, 11) is 0. The van der Waals surface area contributed by atoms with Gasteiger partial charge in [0, 0.05) is 30.1 Å². The SMILES string of the molecule is Cc1nc(C)c2nc(-c3cncc(F)c3)n(Cc3cnn(CC4COCCN4)c3)c2n1. The predicted octanol–water partition coefficient (Wildman–Crippen LogP) is 1.88. The molecule has 31 heavy (non-hydrogen) atoms. The lowest BCUT2D eigenvalue weighted by Gasteiger charge is -2.23. The molecule has 0 aromatic carbocycles. The van der Waals surface area contributed by atoms with Gasteiger partial charge in [0.25, 0.3) is 0 Å². The van der Waals surface area contributed by atoms with E-state index in [0.717, 1.165) is 31.0 Å². The molecule has 5 heterocycles. The van der Waals surface area contributed by atoms with E-state index in [9.17, 15) is 4.39 Å². The van der Waals surface area contributed by atoms with Crippen molar-refractivity contribution in [1.29, 1.82) is 0 Å². The molecule has 0 spiro atoms. The molecule has 1 aliphatic rings. The molecule has 5 rings (SSSR count). The van der Waals surface area contributed by atoms with Gasteiger partial charge in [0.1, 0.15) is 23.0 Å². The van der Waals surface area contributed by atoms with Crippen LogP contribution in [0.5, 0.6) is 0 Å². The van der Waals surface area contributed by atoms with Crippen molar-refractivity contribution < 1.29 is 9.13 Å². The van der Waals surface area contributed by atoms with Gasteiger partial charge in [0.2, 0.25) is 0 Å². The Balaban J connectivity index is 1.52. The Morgan fingerprint density at radius 2 is 2.10 bits per heavy atom. The topological polar surface area (TPSA) is 95.6 Å². The number of hydrogen-bond donors (Lipinski definition) is 1. The maximum absolute atomic E-state index is 13.9. The third-order valence-corrected chi connectivity index (χ3v) is 5.28. The van der Waals surface area contributed by atoms with E-state index in [4.69, 9.17) is 9.72 Å². The van der Waals surface area contributed by atoms with Gasteiger partial charge in [-0.2, -0.15) is 5.10 Å². The lowest BCUT2D eigenvalue weighted by Crippen LogP contribution is -2.43. The van der Waals surface area contributed by atoms with Crippen LogP contribution in [0.1, 0.15) is 17.1 Å². The fourth-order valence-electron chi connectivity index (χ4n) is 3.91. The second kappa shape index (κ2) is 8.12. The minimum Gasteiger partial charge on any atom is -0.378 e. The number of halogens is 1. The maximum atomic E-state index is 13.9. The summed E-state index contributed by atoms with van der Waals surface area (Å²) in [4.78, 5) is 17.8. The summed E-state index contributed by atoms with van der Waals surface area (Å²) < 4.78 is 23.3. The summed E-state index contributed by atoms with van der Waals surface area (Å²) >= 11 is 0. The number of nitrogens with zero attached hydrogens (tertiary/aromatic N) is 7. The number of aromatic nitrogens is 7. The molecule has 1 aliphatic heterocycles. The molecule has 0 saturated carbocycles. The first kappa shape index (κ1) is 19.7. The Morgan fingerprint density at radius 1 is 1.19 bits per heavy atom. The van der Waals surface area contributed by atoms with Crippen LogP contribution in [0.2, 0.25) is 0 Å². The van der Waals surface area contributed by atoms with E-state index in [-0.39, 0.29) is 6.04 Å². The Hall–Kier alpha value is -3.24. The Kier molecular flexibility index (Phi) is 5.16. The summed E-state index contributed by atoms with van der Waals surface area (Å²) in [5.41, 5.74) is 3.77. The van der Waals surface area contributed by atoms with Crippen LogP contribution in [0.25, 0.3) is 22.6 Å². The first-order valence-corrected chi connectivity index (χ1v) is 10.2. The minimum absolute atomic E-state index is 0.238.